The quantitative estimate of drug-likeness (QED) is 0.449. The number of nitrogens with one attached hydrogen (secondary N) is 1. The van der Waals surface area contributed by atoms with Gasteiger partial charge in [0.1, 0.15) is 0 Å². The van der Waals surface area contributed by atoms with E-state index >= 15 is 0 Å². The van der Waals surface area contributed by atoms with Gasteiger partial charge < -0.3 is 19.5 Å². The SMILES string of the molecule is CC(C)CCOCCOCCNC(=O)OC[C@@H]1C2CCC#CCCC[C@@H]21. The summed E-state index contributed by atoms with van der Waals surface area (Å²) in [5.41, 5.74) is 0. The van der Waals surface area contributed by atoms with Crippen LogP contribution in [0.2, 0.25) is 0 Å². The molecule has 5 heteroatoms. The molecule has 2 rings (SSSR count). The molecule has 1 saturated carbocycles. The molecule has 26 heavy (non-hydrogen) atoms. The molecule has 3 atom stereocenters. The number of fused-ring (bicyclic) bond motifs is 1. The second-order valence-corrected chi connectivity index (χ2v) is 7.71. The molecule has 0 radical (unpaired) electrons. The lowest BCUT2D eigenvalue weighted by Gasteiger charge is -2.09. The summed E-state index contributed by atoms with van der Waals surface area (Å²) < 4.78 is 16.3. The molecule has 0 bridgehead atoms. The summed E-state index contributed by atoms with van der Waals surface area (Å²) in [4.78, 5) is 11.8. The number of carbonyl (C=O) groups is 1. The molecule has 1 N–H and O–H groups in total. The molecule has 0 aromatic rings. The molecule has 0 heterocycles. The lowest BCUT2D eigenvalue weighted by Crippen LogP contribution is -2.29. The van der Waals surface area contributed by atoms with Gasteiger partial charge >= 0.3 is 6.09 Å². The highest BCUT2D eigenvalue weighted by molar-refractivity contribution is 5.67. The molecule has 5 nitrogen and oxygen atoms in total. The summed E-state index contributed by atoms with van der Waals surface area (Å²) in [7, 11) is 0. The van der Waals surface area contributed by atoms with E-state index < -0.39 is 0 Å². The van der Waals surface area contributed by atoms with Crippen LogP contribution in [0.5, 0.6) is 0 Å². The minimum Gasteiger partial charge on any atom is -0.449 e. The zero-order valence-corrected chi connectivity index (χ0v) is 16.4. The smallest absolute Gasteiger partial charge is 0.407 e. The Hall–Kier alpha value is -1.25. The summed E-state index contributed by atoms with van der Waals surface area (Å²) in [5, 5.41) is 2.75. The maximum Gasteiger partial charge on any atom is 0.407 e. The van der Waals surface area contributed by atoms with Crippen molar-refractivity contribution in [3.8, 4) is 11.8 Å². The van der Waals surface area contributed by atoms with Gasteiger partial charge in [-0.25, -0.2) is 4.79 Å². The van der Waals surface area contributed by atoms with Crippen molar-refractivity contribution in [2.75, 3.05) is 39.6 Å². The van der Waals surface area contributed by atoms with E-state index in [2.05, 4.69) is 31.0 Å². The van der Waals surface area contributed by atoms with Crippen molar-refractivity contribution in [3.05, 3.63) is 0 Å². The van der Waals surface area contributed by atoms with Crippen LogP contribution in [0.4, 0.5) is 4.79 Å². The van der Waals surface area contributed by atoms with Gasteiger partial charge in [0, 0.05) is 26.0 Å². The number of hydrogen-bond donors (Lipinski definition) is 1. The topological polar surface area (TPSA) is 56.8 Å². The largest absolute Gasteiger partial charge is 0.449 e. The molecule has 0 aromatic heterocycles. The molecule has 1 amide bonds. The molecule has 0 aliphatic heterocycles. The third-order valence-electron chi connectivity index (χ3n) is 5.21. The molecule has 0 saturated heterocycles. The van der Waals surface area contributed by atoms with E-state index in [1.807, 2.05) is 0 Å². The third kappa shape index (κ3) is 8.42. The summed E-state index contributed by atoms with van der Waals surface area (Å²) in [6, 6.07) is 0. The van der Waals surface area contributed by atoms with Crippen molar-refractivity contribution in [1.29, 1.82) is 0 Å². The number of rotatable bonds is 11. The average molecular weight is 366 g/mol. The Balaban J connectivity index is 1.42. The van der Waals surface area contributed by atoms with Gasteiger partial charge in [-0.1, -0.05) is 13.8 Å². The van der Waals surface area contributed by atoms with Gasteiger partial charge in [0.2, 0.25) is 0 Å². The number of alkyl carbamates (subject to hydrolysis) is 1. The molecule has 1 fully saturated rings. The predicted octanol–water partition coefficient (Wildman–Crippen LogP) is 3.62. The van der Waals surface area contributed by atoms with Crippen LogP contribution in [-0.4, -0.2) is 45.7 Å². The van der Waals surface area contributed by atoms with Gasteiger partial charge in [-0.2, -0.15) is 0 Å². The Morgan fingerprint density at radius 1 is 1.04 bits per heavy atom. The first-order chi connectivity index (χ1) is 12.7. The monoisotopic (exact) mass is 365 g/mol. The molecule has 148 valence electrons. The van der Waals surface area contributed by atoms with E-state index in [1.165, 1.54) is 12.8 Å². The number of hydrogen-bond acceptors (Lipinski definition) is 4. The van der Waals surface area contributed by atoms with Gasteiger partial charge in [0.05, 0.1) is 26.4 Å². The Morgan fingerprint density at radius 3 is 2.58 bits per heavy atom. The van der Waals surface area contributed by atoms with Crippen molar-refractivity contribution in [2.24, 2.45) is 23.7 Å². The van der Waals surface area contributed by atoms with Crippen molar-refractivity contribution in [1.82, 2.24) is 5.32 Å². The summed E-state index contributed by atoms with van der Waals surface area (Å²) in [5.74, 6) is 9.09. The normalized spacial score (nSPS) is 24.5. The van der Waals surface area contributed by atoms with Crippen LogP contribution >= 0.6 is 0 Å². The fraction of sp³-hybridized carbons (Fsp3) is 0.857. The highest BCUT2D eigenvalue weighted by Crippen LogP contribution is 2.52. The summed E-state index contributed by atoms with van der Waals surface area (Å²) in [6.07, 6.45) is 6.29. The summed E-state index contributed by atoms with van der Waals surface area (Å²) >= 11 is 0. The summed E-state index contributed by atoms with van der Waals surface area (Å²) in [6.45, 7) is 7.80. The van der Waals surface area contributed by atoms with Gasteiger partial charge in [0.15, 0.2) is 0 Å². The fourth-order valence-corrected chi connectivity index (χ4v) is 3.56. The van der Waals surface area contributed by atoms with Crippen LogP contribution < -0.4 is 5.32 Å². The van der Waals surface area contributed by atoms with Crippen LogP contribution in [0.1, 0.15) is 52.4 Å². The van der Waals surface area contributed by atoms with E-state index in [9.17, 15) is 4.79 Å². The van der Waals surface area contributed by atoms with Crippen LogP contribution in [0.25, 0.3) is 0 Å². The van der Waals surface area contributed by atoms with Crippen LogP contribution in [0.3, 0.4) is 0 Å². The van der Waals surface area contributed by atoms with E-state index in [-0.39, 0.29) is 6.09 Å². The third-order valence-corrected chi connectivity index (χ3v) is 5.21. The van der Waals surface area contributed by atoms with Gasteiger partial charge in [0.25, 0.3) is 0 Å². The highest BCUT2D eigenvalue weighted by atomic mass is 16.6. The first-order valence-electron chi connectivity index (χ1n) is 10.2. The van der Waals surface area contributed by atoms with Crippen LogP contribution in [-0.2, 0) is 14.2 Å². The van der Waals surface area contributed by atoms with Gasteiger partial charge in [-0.05, 0) is 49.4 Å². The number of amides is 1. The first kappa shape index (κ1) is 21.1. The first-order valence-corrected chi connectivity index (χ1v) is 10.2. The maximum atomic E-state index is 11.8. The molecular formula is C21H35NO4. The van der Waals surface area contributed by atoms with E-state index in [4.69, 9.17) is 14.2 Å². The predicted molar refractivity (Wildman–Crippen MR) is 102 cm³/mol. The highest BCUT2D eigenvalue weighted by Gasteiger charge is 2.49. The maximum absolute atomic E-state index is 11.8. The zero-order valence-electron chi connectivity index (χ0n) is 16.4. The molecular weight excluding hydrogens is 330 g/mol. The minimum absolute atomic E-state index is 0.335. The Labute approximate surface area is 158 Å². The molecule has 2 aliphatic carbocycles. The van der Waals surface area contributed by atoms with Crippen molar-refractivity contribution < 1.29 is 19.0 Å². The van der Waals surface area contributed by atoms with Gasteiger partial charge in [-0.3, -0.25) is 0 Å². The van der Waals surface area contributed by atoms with Crippen molar-refractivity contribution in [2.45, 2.75) is 52.4 Å². The van der Waals surface area contributed by atoms with Crippen molar-refractivity contribution >= 4 is 6.09 Å². The van der Waals surface area contributed by atoms with E-state index in [0.717, 1.165) is 38.2 Å². The molecule has 0 aromatic carbocycles. The average Bonchev–Trinajstić information content (AvgIpc) is 3.25. The zero-order chi connectivity index (χ0) is 18.6. The van der Waals surface area contributed by atoms with Crippen LogP contribution in [0, 0.1) is 35.5 Å². The number of carbonyl (C=O) groups excluding carboxylic acids is 1. The van der Waals surface area contributed by atoms with E-state index in [1.54, 1.807) is 0 Å². The second kappa shape index (κ2) is 12.2. The molecule has 2 aliphatic rings. The Bertz CT molecular complexity index is 468. The van der Waals surface area contributed by atoms with Gasteiger partial charge in [-0.15, -0.1) is 11.8 Å². The number of ether oxygens (including phenoxy) is 3. The molecule has 0 spiro atoms. The lowest BCUT2D eigenvalue weighted by molar-refractivity contribution is 0.0445. The Morgan fingerprint density at radius 2 is 1.77 bits per heavy atom. The minimum atomic E-state index is -0.335. The van der Waals surface area contributed by atoms with Crippen molar-refractivity contribution in [3.63, 3.8) is 0 Å². The lowest BCUT2D eigenvalue weighted by atomic mass is 10.1. The molecule has 1 unspecified atom stereocenters. The second-order valence-electron chi connectivity index (χ2n) is 7.71. The standard InChI is InChI=1S/C21H35NO4/c1-17(2)10-12-24-14-15-25-13-11-22-21(23)26-16-20-18-8-6-4-3-5-7-9-19(18)20/h17-20H,4,6-16H2,1-2H3,(H,22,23)/t18-,19?,20-/m0/s1. The van der Waals surface area contributed by atoms with Crippen LogP contribution in [0.15, 0.2) is 0 Å². The fourth-order valence-electron chi connectivity index (χ4n) is 3.56. The Kier molecular flexibility index (Phi) is 9.87. The van der Waals surface area contributed by atoms with E-state index in [0.29, 0.717) is 50.7 Å².